The molecule has 3 heteroatoms. The van der Waals surface area contributed by atoms with Gasteiger partial charge in [-0.05, 0) is 49.9 Å². The van der Waals surface area contributed by atoms with Gasteiger partial charge in [-0.25, -0.2) is 0 Å². The van der Waals surface area contributed by atoms with Gasteiger partial charge < -0.3 is 9.80 Å². The summed E-state index contributed by atoms with van der Waals surface area (Å²) in [6, 6.07) is 8.89. The highest BCUT2D eigenvalue weighted by Gasteiger charge is 2.20. The lowest BCUT2D eigenvalue weighted by atomic mass is 10.1. The summed E-state index contributed by atoms with van der Waals surface area (Å²) in [5.41, 5.74) is 3.87. The second-order valence-electron chi connectivity index (χ2n) is 5.89. The molecule has 0 bridgehead atoms. The number of fused-ring (bicyclic) bond motifs is 1. The number of benzene rings is 1. The maximum Gasteiger partial charge on any atom is 0.0956 e. The van der Waals surface area contributed by atoms with Crippen LogP contribution >= 0.6 is 0 Å². The van der Waals surface area contributed by atoms with Crippen molar-refractivity contribution in [3.05, 3.63) is 30.5 Å². The molecule has 2 saturated heterocycles. The summed E-state index contributed by atoms with van der Waals surface area (Å²) >= 11 is 0. The molecule has 0 unspecified atom stereocenters. The Labute approximate surface area is 120 Å². The molecule has 20 heavy (non-hydrogen) atoms. The molecule has 2 aliphatic heterocycles. The highest BCUT2D eigenvalue weighted by Crippen LogP contribution is 2.35. The molecule has 0 radical (unpaired) electrons. The molecule has 3 nitrogen and oxygen atoms in total. The summed E-state index contributed by atoms with van der Waals surface area (Å²) in [4.78, 5) is 9.69. The van der Waals surface area contributed by atoms with Gasteiger partial charge in [0.15, 0.2) is 0 Å². The SMILES string of the molecule is c1cnc2c(N3CCCC3)ccc(N3CCCC3)c2c1. The standard InChI is InChI=1S/C17H21N3/c1-2-11-19(10-1)15-7-8-16(20-12-3-4-13-20)17-14(15)6-5-9-18-17/h5-9H,1-4,10-13H2. The summed E-state index contributed by atoms with van der Waals surface area (Å²) in [6.45, 7) is 4.73. The van der Waals surface area contributed by atoms with E-state index in [1.165, 1.54) is 74.1 Å². The zero-order valence-corrected chi connectivity index (χ0v) is 11.9. The van der Waals surface area contributed by atoms with Gasteiger partial charge in [-0.15, -0.1) is 0 Å². The van der Waals surface area contributed by atoms with E-state index in [9.17, 15) is 0 Å². The maximum atomic E-state index is 4.69. The van der Waals surface area contributed by atoms with Gasteiger partial charge in [0.1, 0.15) is 0 Å². The fraction of sp³-hybridized carbons (Fsp3) is 0.471. The van der Waals surface area contributed by atoms with Gasteiger partial charge in [0.05, 0.1) is 11.2 Å². The first-order chi connectivity index (χ1) is 9.93. The Kier molecular flexibility index (Phi) is 2.98. The fourth-order valence-electron chi connectivity index (χ4n) is 3.59. The Balaban J connectivity index is 1.84. The predicted octanol–water partition coefficient (Wildman–Crippen LogP) is 3.44. The third-order valence-corrected chi connectivity index (χ3v) is 4.62. The smallest absolute Gasteiger partial charge is 0.0956 e. The summed E-state index contributed by atoms with van der Waals surface area (Å²) < 4.78 is 0. The van der Waals surface area contributed by atoms with Gasteiger partial charge >= 0.3 is 0 Å². The average Bonchev–Trinajstić information content (AvgIpc) is 3.19. The lowest BCUT2D eigenvalue weighted by molar-refractivity contribution is 0.949. The van der Waals surface area contributed by atoms with Crippen molar-refractivity contribution in [2.75, 3.05) is 36.0 Å². The molecule has 1 aromatic carbocycles. The van der Waals surface area contributed by atoms with Crippen LogP contribution in [0, 0.1) is 0 Å². The van der Waals surface area contributed by atoms with Crippen LogP contribution in [-0.4, -0.2) is 31.2 Å². The molecule has 2 fully saturated rings. The molecule has 0 atom stereocenters. The number of hydrogen-bond donors (Lipinski definition) is 0. The molecule has 0 amide bonds. The Hall–Kier alpha value is -1.77. The molecule has 104 valence electrons. The van der Waals surface area contributed by atoms with Crippen LogP contribution in [0.3, 0.4) is 0 Å². The van der Waals surface area contributed by atoms with Crippen LogP contribution in [0.25, 0.3) is 10.9 Å². The van der Waals surface area contributed by atoms with E-state index in [2.05, 4.69) is 39.0 Å². The molecule has 0 aliphatic carbocycles. The van der Waals surface area contributed by atoms with Crippen molar-refractivity contribution in [2.24, 2.45) is 0 Å². The van der Waals surface area contributed by atoms with Gasteiger partial charge in [0, 0.05) is 43.4 Å². The molecule has 2 aliphatic rings. The van der Waals surface area contributed by atoms with E-state index >= 15 is 0 Å². The first kappa shape index (κ1) is 12.0. The largest absolute Gasteiger partial charge is 0.371 e. The first-order valence-electron chi connectivity index (χ1n) is 7.81. The van der Waals surface area contributed by atoms with Gasteiger partial charge in [0.25, 0.3) is 0 Å². The van der Waals surface area contributed by atoms with Crippen LogP contribution in [-0.2, 0) is 0 Å². The van der Waals surface area contributed by atoms with Crippen LogP contribution in [0.4, 0.5) is 11.4 Å². The summed E-state index contributed by atoms with van der Waals surface area (Å²) in [5, 5.41) is 1.32. The lowest BCUT2D eigenvalue weighted by Crippen LogP contribution is -2.20. The molecule has 4 rings (SSSR count). The molecule has 3 heterocycles. The Bertz CT molecular complexity index is 556. The number of nitrogens with zero attached hydrogens (tertiary/aromatic N) is 3. The van der Waals surface area contributed by atoms with E-state index in [0.29, 0.717) is 0 Å². The Morgan fingerprint density at radius 1 is 0.750 bits per heavy atom. The minimum absolute atomic E-state index is 1.18. The number of hydrogen-bond acceptors (Lipinski definition) is 3. The van der Waals surface area contributed by atoms with Crippen molar-refractivity contribution in [3.8, 4) is 0 Å². The monoisotopic (exact) mass is 267 g/mol. The van der Waals surface area contributed by atoms with Crippen LogP contribution in [0.1, 0.15) is 25.7 Å². The highest BCUT2D eigenvalue weighted by molar-refractivity contribution is 5.99. The Morgan fingerprint density at radius 3 is 2.05 bits per heavy atom. The normalized spacial score (nSPS) is 19.2. The van der Waals surface area contributed by atoms with Crippen molar-refractivity contribution < 1.29 is 0 Å². The van der Waals surface area contributed by atoms with E-state index in [1.54, 1.807) is 0 Å². The maximum absolute atomic E-state index is 4.69. The van der Waals surface area contributed by atoms with Gasteiger partial charge in [-0.2, -0.15) is 0 Å². The van der Waals surface area contributed by atoms with Crippen LogP contribution in [0.15, 0.2) is 30.5 Å². The molecular formula is C17H21N3. The van der Waals surface area contributed by atoms with Gasteiger partial charge in [-0.3, -0.25) is 4.98 Å². The zero-order valence-electron chi connectivity index (χ0n) is 11.9. The summed E-state index contributed by atoms with van der Waals surface area (Å²) in [6.07, 6.45) is 7.17. The number of aromatic nitrogens is 1. The summed E-state index contributed by atoms with van der Waals surface area (Å²) in [5.74, 6) is 0. The van der Waals surface area contributed by atoms with Crippen LogP contribution in [0.2, 0.25) is 0 Å². The van der Waals surface area contributed by atoms with E-state index in [1.807, 2.05) is 6.20 Å². The summed E-state index contributed by atoms with van der Waals surface area (Å²) in [7, 11) is 0. The van der Waals surface area contributed by atoms with Gasteiger partial charge in [0.2, 0.25) is 0 Å². The molecule has 2 aromatic rings. The van der Waals surface area contributed by atoms with Crippen molar-refractivity contribution in [1.82, 2.24) is 4.98 Å². The second-order valence-corrected chi connectivity index (χ2v) is 5.89. The minimum Gasteiger partial charge on any atom is -0.371 e. The zero-order chi connectivity index (χ0) is 13.4. The van der Waals surface area contributed by atoms with Crippen molar-refractivity contribution in [1.29, 1.82) is 0 Å². The van der Waals surface area contributed by atoms with Crippen molar-refractivity contribution in [2.45, 2.75) is 25.7 Å². The molecule has 0 saturated carbocycles. The molecular weight excluding hydrogens is 246 g/mol. The van der Waals surface area contributed by atoms with E-state index in [4.69, 9.17) is 0 Å². The van der Waals surface area contributed by atoms with Crippen molar-refractivity contribution >= 4 is 22.3 Å². The number of anilines is 2. The van der Waals surface area contributed by atoms with Crippen molar-refractivity contribution in [3.63, 3.8) is 0 Å². The molecule has 0 N–H and O–H groups in total. The highest BCUT2D eigenvalue weighted by atomic mass is 15.2. The number of rotatable bonds is 2. The third-order valence-electron chi connectivity index (χ3n) is 4.62. The molecule has 1 aromatic heterocycles. The van der Waals surface area contributed by atoms with E-state index in [-0.39, 0.29) is 0 Å². The third kappa shape index (κ3) is 1.92. The number of pyridine rings is 1. The lowest BCUT2D eigenvalue weighted by Gasteiger charge is -2.24. The molecule has 0 spiro atoms. The fourth-order valence-corrected chi connectivity index (χ4v) is 3.59. The van der Waals surface area contributed by atoms with Crippen LogP contribution < -0.4 is 9.80 Å². The Morgan fingerprint density at radius 2 is 1.35 bits per heavy atom. The average molecular weight is 267 g/mol. The first-order valence-corrected chi connectivity index (χ1v) is 7.81. The minimum atomic E-state index is 1.18. The van der Waals surface area contributed by atoms with Gasteiger partial charge in [-0.1, -0.05) is 0 Å². The van der Waals surface area contributed by atoms with E-state index in [0.717, 1.165) is 0 Å². The quantitative estimate of drug-likeness (QED) is 0.831. The van der Waals surface area contributed by atoms with E-state index < -0.39 is 0 Å². The van der Waals surface area contributed by atoms with Crippen LogP contribution in [0.5, 0.6) is 0 Å². The topological polar surface area (TPSA) is 19.4 Å². The second kappa shape index (κ2) is 4.97. The predicted molar refractivity (Wildman–Crippen MR) is 84.6 cm³/mol.